The fourth-order valence-electron chi connectivity index (χ4n) is 3.54. The molecule has 1 aromatic heterocycles. The van der Waals surface area contributed by atoms with Crippen molar-refractivity contribution in [1.29, 1.82) is 0 Å². The van der Waals surface area contributed by atoms with Crippen LogP contribution in [0.1, 0.15) is 40.7 Å². The van der Waals surface area contributed by atoms with E-state index in [9.17, 15) is 4.79 Å². The van der Waals surface area contributed by atoms with Crippen LogP contribution in [0.25, 0.3) is 5.69 Å². The Labute approximate surface area is 169 Å². The van der Waals surface area contributed by atoms with Gasteiger partial charge >= 0.3 is 0 Å². The number of thioether (sulfide) groups is 1. The van der Waals surface area contributed by atoms with Crippen LogP contribution in [0.5, 0.6) is 0 Å². The summed E-state index contributed by atoms with van der Waals surface area (Å²) in [5, 5.41) is 9.22. The largest absolute Gasteiger partial charge is 0.339 e. The van der Waals surface area contributed by atoms with Gasteiger partial charge in [0.05, 0.1) is 5.69 Å². The first-order valence-corrected chi connectivity index (χ1v) is 10.7. The summed E-state index contributed by atoms with van der Waals surface area (Å²) in [6.45, 7) is 3.83. The van der Waals surface area contributed by atoms with Gasteiger partial charge in [-0.25, -0.2) is 0 Å². The quantitative estimate of drug-likeness (QED) is 0.600. The molecule has 0 spiro atoms. The van der Waals surface area contributed by atoms with Crippen molar-refractivity contribution >= 4 is 17.7 Å². The molecule has 1 fully saturated rings. The van der Waals surface area contributed by atoms with E-state index in [1.165, 1.54) is 12.0 Å². The molecule has 0 N–H and O–H groups in total. The Bertz CT molecular complexity index is 962. The minimum absolute atomic E-state index is 0.148. The van der Waals surface area contributed by atoms with Crippen molar-refractivity contribution in [1.82, 2.24) is 19.7 Å². The summed E-state index contributed by atoms with van der Waals surface area (Å²) in [4.78, 5) is 14.7. The number of benzene rings is 2. The van der Waals surface area contributed by atoms with Gasteiger partial charge in [-0.3, -0.25) is 9.36 Å². The molecule has 1 saturated heterocycles. The lowest BCUT2D eigenvalue weighted by Gasteiger charge is -2.26. The topological polar surface area (TPSA) is 51.0 Å². The molecule has 4 rings (SSSR count). The molecule has 1 amide bonds. The van der Waals surface area contributed by atoms with Crippen LogP contribution >= 0.6 is 11.8 Å². The summed E-state index contributed by atoms with van der Waals surface area (Å²) < 4.78 is 2.02. The Hall–Kier alpha value is -2.60. The van der Waals surface area contributed by atoms with Gasteiger partial charge in [-0.05, 0) is 55.5 Å². The number of hydrogen-bond donors (Lipinski definition) is 0. The highest BCUT2D eigenvalue weighted by Crippen LogP contribution is 2.25. The first-order chi connectivity index (χ1) is 13.7. The van der Waals surface area contributed by atoms with Crippen LogP contribution in [0.4, 0.5) is 0 Å². The summed E-state index contributed by atoms with van der Waals surface area (Å²) >= 11 is 1.63. The summed E-state index contributed by atoms with van der Waals surface area (Å²) in [5.74, 6) is 0.890. The fraction of sp³-hybridized carbons (Fsp3) is 0.318. The van der Waals surface area contributed by atoms with Crippen LogP contribution in [0, 0.1) is 6.92 Å². The number of amides is 1. The zero-order valence-corrected chi connectivity index (χ0v) is 16.9. The SMILES string of the molecule is Cc1ccccc1-n1cnnc1SCc1cccc(C(=O)N2CCCCC2)c1. The van der Waals surface area contributed by atoms with Gasteiger partial charge in [-0.15, -0.1) is 10.2 Å². The Morgan fingerprint density at radius 1 is 1.07 bits per heavy atom. The molecule has 5 nitrogen and oxygen atoms in total. The molecule has 0 unspecified atom stereocenters. The van der Waals surface area contributed by atoms with Gasteiger partial charge in [-0.2, -0.15) is 0 Å². The average molecular weight is 393 g/mol. The first-order valence-electron chi connectivity index (χ1n) is 9.69. The van der Waals surface area contributed by atoms with Crippen molar-refractivity contribution in [2.45, 2.75) is 37.1 Å². The predicted molar refractivity (Wildman–Crippen MR) is 112 cm³/mol. The highest BCUT2D eigenvalue weighted by Gasteiger charge is 2.18. The molecule has 0 aliphatic carbocycles. The van der Waals surface area contributed by atoms with Gasteiger partial charge in [0.1, 0.15) is 6.33 Å². The second-order valence-corrected chi connectivity index (χ2v) is 8.05. The van der Waals surface area contributed by atoms with Gasteiger partial charge in [0.2, 0.25) is 0 Å². The van der Waals surface area contributed by atoms with Crippen LogP contribution in [-0.2, 0) is 5.75 Å². The van der Waals surface area contributed by atoms with Crippen LogP contribution in [0.3, 0.4) is 0 Å². The molecule has 2 aromatic carbocycles. The van der Waals surface area contributed by atoms with E-state index in [1.54, 1.807) is 18.1 Å². The normalized spacial score (nSPS) is 14.2. The molecule has 0 bridgehead atoms. The van der Waals surface area contributed by atoms with Gasteiger partial charge in [0.15, 0.2) is 5.16 Å². The Balaban J connectivity index is 1.47. The minimum atomic E-state index is 0.148. The number of rotatable bonds is 5. The first kappa shape index (κ1) is 18.7. The highest BCUT2D eigenvalue weighted by molar-refractivity contribution is 7.98. The standard InChI is InChI=1S/C22H24N4OS/c1-17-8-3-4-11-20(17)26-16-23-24-22(26)28-15-18-9-7-10-19(14-18)21(27)25-12-5-2-6-13-25/h3-4,7-11,14,16H,2,5-6,12-13,15H2,1H3. The van der Waals surface area contributed by atoms with Crippen molar-refractivity contribution in [3.05, 3.63) is 71.5 Å². The summed E-state index contributed by atoms with van der Waals surface area (Å²) in [6, 6.07) is 16.2. The number of aryl methyl sites for hydroxylation is 1. The molecule has 144 valence electrons. The van der Waals surface area contributed by atoms with E-state index in [0.717, 1.165) is 53.7 Å². The number of para-hydroxylation sites is 1. The third-order valence-corrected chi connectivity index (χ3v) is 6.09. The number of likely N-dealkylation sites (tertiary alicyclic amines) is 1. The molecule has 28 heavy (non-hydrogen) atoms. The smallest absolute Gasteiger partial charge is 0.253 e. The van der Waals surface area contributed by atoms with E-state index in [4.69, 9.17) is 0 Å². The molecule has 0 atom stereocenters. The van der Waals surface area contributed by atoms with E-state index >= 15 is 0 Å². The Kier molecular flexibility index (Phi) is 5.76. The third-order valence-electron chi connectivity index (χ3n) is 5.08. The van der Waals surface area contributed by atoms with Crippen LogP contribution in [-0.4, -0.2) is 38.7 Å². The van der Waals surface area contributed by atoms with Gasteiger partial charge in [0, 0.05) is 24.4 Å². The van der Waals surface area contributed by atoms with Crippen molar-refractivity contribution < 1.29 is 4.79 Å². The number of hydrogen-bond acceptors (Lipinski definition) is 4. The second kappa shape index (κ2) is 8.61. The van der Waals surface area contributed by atoms with Gasteiger partial charge in [0.25, 0.3) is 5.91 Å². The maximum Gasteiger partial charge on any atom is 0.253 e. The lowest BCUT2D eigenvalue weighted by Crippen LogP contribution is -2.35. The van der Waals surface area contributed by atoms with Crippen molar-refractivity contribution in [3.63, 3.8) is 0 Å². The molecular formula is C22H24N4OS. The molecule has 1 aliphatic heterocycles. The highest BCUT2D eigenvalue weighted by atomic mass is 32.2. The molecule has 0 saturated carbocycles. The minimum Gasteiger partial charge on any atom is -0.339 e. The van der Waals surface area contributed by atoms with E-state index in [1.807, 2.05) is 39.8 Å². The summed E-state index contributed by atoms with van der Waals surface area (Å²) in [6.07, 6.45) is 5.19. The lowest BCUT2D eigenvalue weighted by atomic mass is 10.1. The van der Waals surface area contributed by atoms with Gasteiger partial charge < -0.3 is 4.90 Å². The van der Waals surface area contributed by atoms with E-state index in [2.05, 4.69) is 35.3 Å². The Morgan fingerprint density at radius 3 is 2.71 bits per heavy atom. The number of piperidine rings is 1. The molecule has 3 aromatic rings. The van der Waals surface area contributed by atoms with E-state index in [0.29, 0.717) is 0 Å². The molecule has 2 heterocycles. The van der Waals surface area contributed by atoms with Crippen LogP contribution in [0.2, 0.25) is 0 Å². The third kappa shape index (κ3) is 4.12. The molecule has 0 radical (unpaired) electrons. The molecule has 1 aliphatic rings. The van der Waals surface area contributed by atoms with E-state index in [-0.39, 0.29) is 5.91 Å². The van der Waals surface area contributed by atoms with Crippen molar-refractivity contribution in [3.8, 4) is 5.69 Å². The second-order valence-electron chi connectivity index (χ2n) is 7.11. The maximum absolute atomic E-state index is 12.8. The molecule has 6 heteroatoms. The number of aromatic nitrogens is 3. The Morgan fingerprint density at radius 2 is 1.89 bits per heavy atom. The van der Waals surface area contributed by atoms with Crippen LogP contribution in [0.15, 0.2) is 60.0 Å². The zero-order valence-electron chi connectivity index (χ0n) is 16.0. The van der Waals surface area contributed by atoms with E-state index < -0.39 is 0 Å². The summed E-state index contributed by atoms with van der Waals surface area (Å²) in [7, 11) is 0. The number of carbonyl (C=O) groups excluding carboxylic acids is 1. The van der Waals surface area contributed by atoms with Crippen molar-refractivity contribution in [2.75, 3.05) is 13.1 Å². The number of carbonyl (C=O) groups is 1. The zero-order chi connectivity index (χ0) is 19.3. The van der Waals surface area contributed by atoms with Gasteiger partial charge in [-0.1, -0.05) is 42.1 Å². The fourth-order valence-corrected chi connectivity index (χ4v) is 4.41. The van der Waals surface area contributed by atoms with Crippen LogP contribution < -0.4 is 0 Å². The molecular weight excluding hydrogens is 368 g/mol. The predicted octanol–water partition coefficient (Wildman–Crippen LogP) is 4.49. The van der Waals surface area contributed by atoms with Crippen molar-refractivity contribution in [2.24, 2.45) is 0 Å². The number of nitrogens with zero attached hydrogens (tertiary/aromatic N) is 4. The lowest BCUT2D eigenvalue weighted by molar-refractivity contribution is 0.0724. The summed E-state index contributed by atoms with van der Waals surface area (Å²) in [5.41, 5.74) is 4.16. The maximum atomic E-state index is 12.8. The monoisotopic (exact) mass is 392 g/mol. The average Bonchev–Trinajstić information content (AvgIpc) is 3.21.